The number of rotatable bonds is 23. The molecule has 0 saturated carbocycles. The van der Waals surface area contributed by atoms with Gasteiger partial charge in [0.1, 0.15) is 6.61 Å². The zero-order valence-corrected chi connectivity index (χ0v) is 18.6. The average molecular weight is 398 g/mol. The first kappa shape index (κ1) is 27.0. The van der Waals surface area contributed by atoms with Crippen LogP contribution in [0.5, 0.6) is 0 Å². The van der Waals surface area contributed by atoms with E-state index in [4.69, 9.17) is 9.84 Å². The molecule has 0 aliphatic rings. The molecule has 4 nitrogen and oxygen atoms in total. The van der Waals surface area contributed by atoms with E-state index in [1.54, 1.807) is 0 Å². The number of ether oxygens (including phenoxy) is 1. The maximum Gasteiger partial charge on any atom is 0.304 e. The molecule has 0 aromatic rings. The predicted molar refractivity (Wildman–Crippen MR) is 120 cm³/mol. The Hall–Kier alpha value is -1.03. The molecule has 0 bridgehead atoms. The summed E-state index contributed by atoms with van der Waals surface area (Å²) in [6, 6.07) is 0. The van der Waals surface area contributed by atoms with Crippen molar-refractivity contribution >= 4 is 5.97 Å². The lowest BCUT2D eigenvalue weighted by Gasteiger charge is -2.09. The van der Waals surface area contributed by atoms with Crippen LogP contribution >= 0.6 is 0 Å². The van der Waals surface area contributed by atoms with Gasteiger partial charge in [0, 0.05) is 19.5 Å². The summed E-state index contributed by atoms with van der Waals surface area (Å²) < 4.78 is 5.56. The minimum Gasteiger partial charge on any atom is -0.497 e. The molecule has 0 fully saturated rings. The van der Waals surface area contributed by atoms with Gasteiger partial charge in [-0.25, -0.2) is 0 Å². The van der Waals surface area contributed by atoms with Crippen LogP contribution < -0.4 is 5.32 Å². The fourth-order valence-corrected chi connectivity index (χ4v) is 3.35. The van der Waals surface area contributed by atoms with Gasteiger partial charge >= 0.3 is 5.97 Å². The fraction of sp³-hybridized carbons (Fsp3) is 0.875. The number of hydrogen-bond donors (Lipinski definition) is 2. The minimum absolute atomic E-state index is 0.153. The highest BCUT2D eigenvalue weighted by Crippen LogP contribution is 2.14. The number of carbonyl (C=O) groups is 1. The standard InChI is InChI=1S/C24H47NO3/c1-3-4-5-6-7-8-9-10-11-12-13-14-15-16-17-18-23(2)28-22-21-25-20-19-24(26)27/h25H,2-22H2,1H3,(H,26,27). The number of carboxylic acid groups (broad SMARTS) is 1. The van der Waals surface area contributed by atoms with Crippen LogP contribution in [0, 0.1) is 0 Å². The second-order valence-corrected chi connectivity index (χ2v) is 7.98. The molecule has 28 heavy (non-hydrogen) atoms. The van der Waals surface area contributed by atoms with Gasteiger partial charge in [-0.05, 0) is 6.42 Å². The van der Waals surface area contributed by atoms with E-state index in [1.807, 2.05) is 0 Å². The van der Waals surface area contributed by atoms with Crippen molar-refractivity contribution in [2.45, 2.75) is 116 Å². The highest BCUT2D eigenvalue weighted by atomic mass is 16.5. The number of nitrogens with one attached hydrogen (secondary N) is 1. The van der Waals surface area contributed by atoms with Crippen LogP contribution in [-0.2, 0) is 9.53 Å². The number of allylic oxidation sites excluding steroid dienone is 1. The molecular formula is C24H47NO3. The fourth-order valence-electron chi connectivity index (χ4n) is 3.35. The predicted octanol–water partition coefficient (Wildman–Crippen LogP) is 6.84. The molecule has 0 aromatic heterocycles. The minimum atomic E-state index is -0.772. The van der Waals surface area contributed by atoms with Crippen molar-refractivity contribution < 1.29 is 14.6 Å². The van der Waals surface area contributed by atoms with E-state index in [2.05, 4.69) is 18.8 Å². The third-order valence-corrected chi connectivity index (χ3v) is 5.16. The lowest BCUT2D eigenvalue weighted by Crippen LogP contribution is -2.22. The van der Waals surface area contributed by atoms with E-state index in [0.717, 1.165) is 18.6 Å². The third-order valence-electron chi connectivity index (χ3n) is 5.16. The first-order valence-electron chi connectivity index (χ1n) is 11.9. The van der Waals surface area contributed by atoms with E-state index in [0.29, 0.717) is 19.7 Å². The quantitative estimate of drug-likeness (QED) is 0.146. The highest BCUT2D eigenvalue weighted by molar-refractivity contribution is 5.66. The van der Waals surface area contributed by atoms with Crippen molar-refractivity contribution in [3.05, 3.63) is 12.3 Å². The Bertz CT molecular complexity index is 358. The summed E-state index contributed by atoms with van der Waals surface area (Å²) in [5.41, 5.74) is 0. The van der Waals surface area contributed by atoms with Crippen molar-refractivity contribution in [2.24, 2.45) is 0 Å². The van der Waals surface area contributed by atoms with Crippen LogP contribution in [0.4, 0.5) is 0 Å². The molecular weight excluding hydrogens is 350 g/mol. The normalized spacial score (nSPS) is 10.9. The Morgan fingerprint density at radius 3 is 1.68 bits per heavy atom. The SMILES string of the molecule is C=C(CCCCCCCCCCCCCCCCC)OCCNCCC(=O)O. The van der Waals surface area contributed by atoms with Crippen LogP contribution in [0.2, 0.25) is 0 Å². The molecule has 0 unspecified atom stereocenters. The second kappa shape index (κ2) is 22.3. The Balaban J connectivity index is 3.14. The molecule has 166 valence electrons. The summed E-state index contributed by atoms with van der Waals surface area (Å²) in [6.07, 6.45) is 21.8. The van der Waals surface area contributed by atoms with Crippen LogP contribution in [0.3, 0.4) is 0 Å². The second-order valence-electron chi connectivity index (χ2n) is 7.98. The Kier molecular flexibility index (Phi) is 21.4. The zero-order valence-electron chi connectivity index (χ0n) is 18.6. The van der Waals surface area contributed by atoms with E-state index in [-0.39, 0.29) is 6.42 Å². The third kappa shape index (κ3) is 23.0. The molecule has 0 amide bonds. The molecule has 0 radical (unpaired) electrons. The van der Waals surface area contributed by atoms with Gasteiger partial charge in [0.05, 0.1) is 12.2 Å². The molecule has 0 aromatic carbocycles. The summed E-state index contributed by atoms with van der Waals surface area (Å²) >= 11 is 0. The van der Waals surface area contributed by atoms with Gasteiger partial charge in [0.15, 0.2) is 0 Å². The van der Waals surface area contributed by atoms with E-state index < -0.39 is 5.97 Å². The largest absolute Gasteiger partial charge is 0.497 e. The smallest absolute Gasteiger partial charge is 0.304 e. The van der Waals surface area contributed by atoms with Gasteiger partial charge < -0.3 is 15.2 Å². The molecule has 0 atom stereocenters. The van der Waals surface area contributed by atoms with Gasteiger partial charge in [-0.15, -0.1) is 0 Å². The van der Waals surface area contributed by atoms with E-state index in [1.165, 1.54) is 89.9 Å². The molecule has 4 heteroatoms. The van der Waals surface area contributed by atoms with Crippen LogP contribution in [-0.4, -0.2) is 30.8 Å². The lowest BCUT2D eigenvalue weighted by atomic mass is 10.0. The number of hydrogen-bond acceptors (Lipinski definition) is 3. The van der Waals surface area contributed by atoms with Gasteiger partial charge in [0.2, 0.25) is 0 Å². The van der Waals surface area contributed by atoms with Crippen LogP contribution in [0.1, 0.15) is 116 Å². The highest BCUT2D eigenvalue weighted by Gasteiger charge is 1.99. The monoisotopic (exact) mass is 397 g/mol. The maximum absolute atomic E-state index is 10.4. The molecule has 0 rings (SSSR count). The topological polar surface area (TPSA) is 58.6 Å². The zero-order chi connectivity index (χ0) is 20.7. The molecule has 0 saturated heterocycles. The molecule has 0 heterocycles. The van der Waals surface area contributed by atoms with Crippen molar-refractivity contribution in [1.82, 2.24) is 5.32 Å². The maximum atomic E-state index is 10.4. The van der Waals surface area contributed by atoms with E-state index >= 15 is 0 Å². The van der Waals surface area contributed by atoms with Crippen molar-refractivity contribution in [3.8, 4) is 0 Å². The van der Waals surface area contributed by atoms with Crippen molar-refractivity contribution in [3.63, 3.8) is 0 Å². The van der Waals surface area contributed by atoms with Crippen molar-refractivity contribution in [2.75, 3.05) is 19.7 Å². The summed E-state index contributed by atoms with van der Waals surface area (Å²) in [6.45, 7) is 7.97. The lowest BCUT2D eigenvalue weighted by molar-refractivity contribution is -0.136. The average Bonchev–Trinajstić information content (AvgIpc) is 2.67. The first-order valence-corrected chi connectivity index (χ1v) is 11.9. The number of unbranched alkanes of at least 4 members (excludes halogenated alkanes) is 14. The van der Waals surface area contributed by atoms with E-state index in [9.17, 15) is 4.79 Å². The Morgan fingerprint density at radius 1 is 0.750 bits per heavy atom. The van der Waals surface area contributed by atoms with Gasteiger partial charge in [-0.2, -0.15) is 0 Å². The number of aliphatic carboxylic acids is 1. The molecule has 2 N–H and O–H groups in total. The van der Waals surface area contributed by atoms with Crippen molar-refractivity contribution in [1.29, 1.82) is 0 Å². The summed E-state index contributed by atoms with van der Waals surface area (Å²) in [5, 5.41) is 11.6. The van der Waals surface area contributed by atoms with Gasteiger partial charge in [-0.1, -0.05) is 103 Å². The Labute approximate surface area is 174 Å². The summed E-state index contributed by atoms with van der Waals surface area (Å²) in [5.74, 6) is 0.0840. The van der Waals surface area contributed by atoms with Gasteiger partial charge in [0.25, 0.3) is 0 Å². The van der Waals surface area contributed by atoms with Crippen LogP contribution in [0.15, 0.2) is 12.3 Å². The molecule has 0 spiro atoms. The molecule has 0 aliphatic carbocycles. The Morgan fingerprint density at radius 2 is 1.21 bits per heavy atom. The first-order chi connectivity index (χ1) is 13.7. The number of carboxylic acids is 1. The molecule has 0 aliphatic heterocycles. The van der Waals surface area contributed by atoms with Crippen LogP contribution in [0.25, 0.3) is 0 Å². The van der Waals surface area contributed by atoms with Gasteiger partial charge in [-0.3, -0.25) is 4.79 Å². The summed E-state index contributed by atoms with van der Waals surface area (Å²) in [7, 11) is 0. The summed E-state index contributed by atoms with van der Waals surface area (Å²) in [4.78, 5) is 10.4.